The molecule has 13 heavy (non-hydrogen) atoms. The van der Waals surface area contributed by atoms with E-state index in [0.29, 0.717) is 6.54 Å². The van der Waals surface area contributed by atoms with E-state index in [-0.39, 0.29) is 5.54 Å². The third-order valence-corrected chi connectivity index (χ3v) is 2.36. The minimum atomic E-state index is -0.329. The van der Waals surface area contributed by atoms with Crippen LogP contribution in [0.2, 0.25) is 0 Å². The number of hydrogen-bond donors (Lipinski definition) is 1. The van der Waals surface area contributed by atoms with Crippen LogP contribution in [0.25, 0.3) is 0 Å². The molecular weight excluding hydrogens is 160 g/mol. The average Bonchev–Trinajstić information content (AvgIpc) is 2.20. The SMILES string of the molecule is C=CCNC(C#N)(CC)CCCC. The number of nitrogens with one attached hydrogen (secondary N) is 1. The van der Waals surface area contributed by atoms with Crippen LogP contribution in [-0.2, 0) is 0 Å². The summed E-state index contributed by atoms with van der Waals surface area (Å²) in [7, 11) is 0. The van der Waals surface area contributed by atoms with Crippen LogP contribution >= 0.6 is 0 Å². The van der Waals surface area contributed by atoms with Gasteiger partial charge < -0.3 is 0 Å². The number of unbranched alkanes of at least 4 members (excludes halogenated alkanes) is 1. The summed E-state index contributed by atoms with van der Waals surface area (Å²) in [6, 6.07) is 2.38. The fourth-order valence-electron chi connectivity index (χ4n) is 1.31. The Hall–Kier alpha value is -0.810. The van der Waals surface area contributed by atoms with Gasteiger partial charge in [0, 0.05) is 6.54 Å². The molecule has 1 N–H and O–H groups in total. The molecule has 0 rings (SSSR count). The molecule has 0 spiro atoms. The van der Waals surface area contributed by atoms with Crippen LogP contribution in [0.15, 0.2) is 12.7 Å². The van der Waals surface area contributed by atoms with Gasteiger partial charge >= 0.3 is 0 Å². The van der Waals surface area contributed by atoms with E-state index in [1.165, 1.54) is 0 Å². The number of nitrogens with zero attached hydrogens (tertiary/aromatic N) is 1. The van der Waals surface area contributed by atoms with Gasteiger partial charge in [0.2, 0.25) is 0 Å². The van der Waals surface area contributed by atoms with Crippen molar-refractivity contribution in [1.29, 1.82) is 5.26 Å². The molecule has 74 valence electrons. The second kappa shape index (κ2) is 6.68. The Labute approximate surface area is 81.6 Å². The first-order chi connectivity index (χ1) is 6.24. The molecule has 2 nitrogen and oxygen atoms in total. The summed E-state index contributed by atoms with van der Waals surface area (Å²) >= 11 is 0. The van der Waals surface area contributed by atoms with E-state index in [0.717, 1.165) is 25.7 Å². The topological polar surface area (TPSA) is 35.8 Å². The summed E-state index contributed by atoms with van der Waals surface area (Å²) in [5.74, 6) is 0. The zero-order valence-corrected chi connectivity index (χ0v) is 8.77. The molecule has 0 heterocycles. The largest absolute Gasteiger partial charge is 0.296 e. The second-order valence-electron chi connectivity index (χ2n) is 3.32. The monoisotopic (exact) mass is 180 g/mol. The maximum absolute atomic E-state index is 9.08. The van der Waals surface area contributed by atoms with Crippen LogP contribution in [0.4, 0.5) is 0 Å². The number of rotatable bonds is 7. The van der Waals surface area contributed by atoms with Gasteiger partial charge in [-0.2, -0.15) is 5.26 Å². The molecule has 0 bridgehead atoms. The molecule has 0 fully saturated rings. The molecule has 1 unspecified atom stereocenters. The zero-order valence-electron chi connectivity index (χ0n) is 8.77. The van der Waals surface area contributed by atoms with Crippen molar-refractivity contribution in [2.45, 2.75) is 45.1 Å². The van der Waals surface area contributed by atoms with Gasteiger partial charge in [0.05, 0.1) is 6.07 Å². The van der Waals surface area contributed by atoms with Crippen molar-refractivity contribution >= 4 is 0 Å². The first-order valence-corrected chi connectivity index (χ1v) is 5.01. The molecule has 0 aliphatic heterocycles. The summed E-state index contributed by atoms with van der Waals surface area (Å²) < 4.78 is 0. The summed E-state index contributed by atoms with van der Waals surface area (Å²) in [4.78, 5) is 0. The first-order valence-electron chi connectivity index (χ1n) is 5.01. The van der Waals surface area contributed by atoms with E-state index < -0.39 is 0 Å². The highest BCUT2D eigenvalue weighted by molar-refractivity contribution is 5.06. The van der Waals surface area contributed by atoms with Crippen molar-refractivity contribution in [3.8, 4) is 6.07 Å². The van der Waals surface area contributed by atoms with Gasteiger partial charge in [0.25, 0.3) is 0 Å². The summed E-state index contributed by atoms with van der Waals surface area (Å²) in [6.45, 7) is 8.55. The van der Waals surface area contributed by atoms with E-state index in [1.807, 2.05) is 0 Å². The molecule has 0 saturated heterocycles. The van der Waals surface area contributed by atoms with Crippen LogP contribution in [-0.4, -0.2) is 12.1 Å². The summed E-state index contributed by atoms with van der Waals surface area (Å²) in [6.07, 6.45) is 5.83. The molecular formula is C11H20N2. The zero-order chi connectivity index (χ0) is 10.2. The van der Waals surface area contributed by atoms with Crippen molar-refractivity contribution in [2.75, 3.05) is 6.54 Å². The molecule has 0 aliphatic rings. The smallest absolute Gasteiger partial charge is 0.106 e. The predicted octanol–water partition coefficient (Wildman–Crippen LogP) is 2.62. The molecule has 0 radical (unpaired) electrons. The van der Waals surface area contributed by atoms with Gasteiger partial charge in [0.15, 0.2) is 0 Å². The molecule has 0 saturated carbocycles. The molecule has 0 aromatic heterocycles. The highest BCUT2D eigenvalue weighted by Gasteiger charge is 2.25. The Balaban J connectivity index is 4.15. The van der Waals surface area contributed by atoms with Crippen molar-refractivity contribution in [3.05, 3.63) is 12.7 Å². The third kappa shape index (κ3) is 4.10. The van der Waals surface area contributed by atoms with E-state index in [4.69, 9.17) is 5.26 Å². The van der Waals surface area contributed by atoms with Gasteiger partial charge in [-0.3, -0.25) is 5.32 Å². The number of hydrogen-bond acceptors (Lipinski definition) is 2. The highest BCUT2D eigenvalue weighted by atomic mass is 15.0. The summed E-state index contributed by atoms with van der Waals surface area (Å²) in [5, 5.41) is 12.3. The van der Waals surface area contributed by atoms with Gasteiger partial charge in [-0.1, -0.05) is 32.8 Å². The van der Waals surface area contributed by atoms with Crippen LogP contribution in [0.3, 0.4) is 0 Å². The van der Waals surface area contributed by atoms with Crippen molar-refractivity contribution < 1.29 is 0 Å². The van der Waals surface area contributed by atoms with Gasteiger partial charge in [-0.05, 0) is 12.8 Å². The lowest BCUT2D eigenvalue weighted by atomic mass is 9.91. The minimum Gasteiger partial charge on any atom is -0.296 e. The lowest BCUT2D eigenvalue weighted by Crippen LogP contribution is -2.43. The van der Waals surface area contributed by atoms with Gasteiger partial charge in [-0.15, -0.1) is 6.58 Å². The molecule has 0 aromatic carbocycles. The van der Waals surface area contributed by atoms with Crippen LogP contribution in [0, 0.1) is 11.3 Å². The van der Waals surface area contributed by atoms with Crippen LogP contribution < -0.4 is 5.32 Å². The van der Waals surface area contributed by atoms with E-state index >= 15 is 0 Å². The maximum Gasteiger partial charge on any atom is 0.106 e. The van der Waals surface area contributed by atoms with Gasteiger partial charge in [-0.25, -0.2) is 0 Å². The lowest BCUT2D eigenvalue weighted by Gasteiger charge is -2.25. The van der Waals surface area contributed by atoms with Crippen molar-refractivity contribution in [1.82, 2.24) is 5.32 Å². The molecule has 0 aliphatic carbocycles. The maximum atomic E-state index is 9.08. The Morgan fingerprint density at radius 2 is 2.23 bits per heavy atom. The quantitative estimate of drug-likeness (QED) is 0.611. The third-order valence-electron chi connectivity index (χ3n) is 2.36. The standard InChI is InChI=1S/C11H20N2/c1-4-7-8-11(6-3,10-12)13-9-5-2/h5,13H,2,4,6-9H2,1,3H3. The number of nitriles is 1. The highest BCUT2D eigenvalue weighted by Crippen LogP contribution is 2.17. The van der Waals surface area contributed by atoms with Crippen molar-refractivity contribution in [3.63, 3.8) is 0 Å². The average molecular weight is 180 g/mol. The Kier molecular flexibility index (Phi) is 6.26. The molecule has 2 heteroatoms. The molecule has 0 amide bonds. The van der Waals surface area contributed by atoms with Crippen LogP contribution in [0.5, 0.6) is 0 Å². The lowest BCUT2D eigenvalue weighted by molar-refractivity contribution is 0.377. The van der Waals surface area contributed by atoms with Gasteiger partial charge in [0.1, 0.15) is 5.54 Å². The Morgan fingerprint density at radius 1 is 1.54 bits per heavy atom. The minimum absolute atomic E-state index is 0.329. The van der Waals surface area contributed by atoms with E-state index in [2.05, 4.69) is 31.8 Å². The van der Waals surface area contributed by atoms with Crippen molar-refractivity contribution in [2.24, 2.45) is 0 Å². The van der Waals surface area contributed by atoms with E-state index in [1.54, 1.807) is 6.08 Å². The normalized spacial score (nSPS) is 14.5. The molecule has 0 aromatic rings. The van der Waals surface area contributed by atoms with E-state index in [9.17, 15) is 0 Å². The molecule has 1 atom stereocenters. The van der Waals surface area contributed by atoms with Crippen LogP contribution in [0.1, 0.15) is 39.5 Å². The summed E-state index contributed by atoms with van der Waals surface area (Å²) in [5.41, 5.74) is -0.329. The predicted molar refractivity (Wildman–Crippen MR) is 56.4 cm³/mol. The fourth-order valence-corrected chi connectivity index (χ4v) is 1.31. The Bertz CT molecular complexity index is 181. The second-order valence-corrected chi connectivity index (χ2v) is 3.32. The Morgan fingerprint density at radius 3 is 2.62 bits per heavy atom. The first kappa shape index (κ1) is 12.2. The fraction of sp³-hybridized carbons (Fsp3) is 0.727.